The molecule has 11 aromatic rings. The summed E-state index contributed by atoms with van der Waals surface area (Å²) in [6.45, 7) is 0. The topological polar surface area (TPSA) is 43.6 Å². The van der Waals surface area contributed by atoms with Crippen LogP contribution in [0.25, 0.3) is 106 Å². The van der Waals surface area contributed by atoms with Crippen LogP contribution in [0.5, 0.6) is 0 Å². The van der Waals surface area contributed by atoms with E-state index < -0.39 is 0 Å². The van der Waals surface area contributed by atoms with Crippen LogP contribution < -0.4 is 0 Å². The predicted octanol–water partition coefficient (Wildman–Crippen LogP) is 14.1. The van der Waals surface area contributed by atoms with E-state index in [9.17, 15) is 0 Å². The molecule has 0 radical (unpaired) electrons. The minimum atomic E-state index is 0.667. The lowest BCUT2D eigenvalue weighted by molar-refractivity contribution is 1.18. The summed E-state index contributed by atoms with van der Waals surface area (Å²) in [6, 6.07) is 76.6. The molecule has 0 unspecified atom stereocenters. The molecule has 11 rings (SSSR count). The first-order valence-corrected chi connectivity index (χ1v) is 19.9. The summed E-state index contributed by atoms with van der Waals surface area (Å²) in [5.41, 5.74) is 15.8. The van der Waals surface area contributed by atoms with Gasteiger partial charge in [0.1, 0.15) is 0 Å². The van der Waals surface area contributed by atoms with Crippen LogP contribution in [-0.4, -0.2) is 19.5 Å². The zero-order chi connectivity index (χ0) is 39.1. The number of fused-ring (bicyclic) bond motifs is 5. The minimum Gasteiger partial charge on any atom is -0.308 e. The fraction of sp³-hybridized carbons (Fsp3) is 0. The van der Waals surface area contributed by atoms with Gasteiger partial charge in [-0.3, -0.25) is 0 Å². The third-order valence-corrected chi connectivity index (χ3v) is 11.2. The monoisotopic (exact) mass is 752 g/mol. The maximum Gasteiger partial charge on any atom is 0.160 e. The summed E-state index contributed by atoms with van der Waals surface area (Å²) >= 11 is 0. The molecule has 0 bridgehead atoms. The molecule has 0 aliphatic rings. The van der Waals surface area contributed by atoms with Gasteiger partial charge in [0.05, 0.1) is 33.6 Å². The fourth-order valence-electron chi connectivity index (χ4n) is 8.31. The molecule has 3 aromatic heterocycles. The van der Waals surface area contributed by atoms with Crippen LogP contribution in [0, 0.1) is 0 Å². The second-order valence-corrected chi connectivity index (χ2v) is 14.8. The Hall–Kier alpha value is -7.95. The molecular weight excluding hydrogens is 717 g/mol. The van der Waals surface area contributed by atoms with E-state index >= 15 is 0 Å². The molecule has 59 heavy (non-hydrogen) atoms. The predicted molar refractivity (Wildman–Crippen MR) is 244 cm³/mol. The van der Waals surface area contributed by atoms with Crippen LogP contribution in [-0.2, 0) is 0 Å². The lowest BCUT2D eigenvalue weighted by atomic mass is 10.00. The summed E-state index contributed by atoms with van der Waals surface area (Å²) in [5, 5.41) is 3.42. The number of nitrogens with zero attached hydrogens (tertiary/aromatic N) is 4. The van der Waals surface area contributed by atoms with Crippen molar-refractivity contribution in [3.63, 3.8) is 0 Å². The quantitative estimate of drug-likeness (QED) is 0.163. The van der Waals surface area contributed by atoms with Crippen molar-refractivity contribution in [2.75, 3.05) is 0 Å². The largest absolute Gasteiger partial charge is 0.308 e. The van der Waals surface area contributed by atoms with Crippen LogP contribution >= 0.6 is 0 Å². The Balaban J connectivity index is 1.04. The standard InChI is InChI=1S/C55H36N4/c1-4-14-37(15-5-1)39-24-28-41(29-25-39)49-36-50(42-30-26-40(27-31-42)38-16-6-2-7-17-38)58-55(57-49)44-34-32-43(33-35-44)53-52-47-21-11-13-23-51(47)59(45-18-8-3-9-19-45)54(52)46-20-10-12-22-48(46)56-53/h1-36H. The van der Waals surface area contributed by atoms with E-state index in [2.05, 4.69) is 211 Å². The highest BCUT2D eigenvalue weighted by molar-refractivity contribution is 6.22. The molecule has 0 fully saturated rings. The van der Waals surface area contributed by atoms with Gasteiger partial charge in [0.25, 0.3) is 0 Å². The van der Waals surface area contributed by atoms with Crippen molar-refractivity contribution in [2.24, 2.45) is 0 Å². The highest BCUT2D eigenvalue weighted by atomic mass is 15.0. The van der Waals surface area contributed by atoms with Gasteiger partial charge in [-0.1, -0.05) is 188 Å². The lowest BCUT2D eigenvalue weighted by Crippen LogP contribution is -1.97. The second-order valence-electron chi connectivity index (χ2n) is 14.8. The third-order valence-electron chi connectivity index (χ3n) is 11.2. The molecule has 0 saturated carbocycles. The van der Waals surface area contributed by atoms with Gasteiger partial charge in [0.2, 0.25) is 0 Å². The first-order chi connectivity index (χ1) is 29.2. The van der Waals surface area contributed by atoms with Gasteiger partial charge in [-0.25, -0.2) is 15.0 Å². The van der Waals surface area contributed by atoms with Gasteiger partial charge in [0.15, 0.2) is 5.82 Å². The Labute approximate surface area is 342 Å². The summed E-state index contributed by atoms with van der Waals surface area (Å²) in [7, 11) is 0. The smallest absolute Gasteiger partial charge is 0.160 e. The SMILES string of the molecule is c1ccc(-c2ccc(-c3cc(-c4ccc(-c5ccccc5)cc4)nc(-c4ccc(-c5nc6ccccc6c6c5c5ccccc5n6-c5ccccc5)cc4)n3)cc2)cc1. The highest BCUT2D eigenvalue weighted by Gasteiger charge is 2.21. The van der Waals surface area contributed by atoms with Crippen LogP contribution in [0.1, 0.15) is 0 Å². The van der Waals surface area contributed by atoms with Gasteiger partial charge >= 0.3 is 0 Å². The van der Waals surface area contributed by atoms with E-state index in [-0.39, 0.29) is 0 Å². The van der Waals surface area contributed by atoms with Gasteiger partial charge in [-0.2, -0.15) is 0 Å². The van der Waals surface area contributed by atoms with E-state index in [1.54, 1.807) is 0 Å². The number of hydrogen-bond donors (Lipinski definition) is 0. The van der Waals surface area contributed by atoms with Crippen molar-refractivity contribution in [3.8, 4) is 73.1 Å². The lowest BCUT2D eigenvalue weighted by Gasteiger charge is -2.13. The van der Waals surface area contributed by atoms with Crippen molar-refractivity contribution in [1.29, 1.82) is 0 Å². The number of pyridine rings is 1. The molecule has 4 heteroatoms. The molecule has 0 spiro atoms. The molecular formula is C55H36N4. The highest BCUT2D eigenvalue weighted by Crippen LogP contribution is 2.41. The Morgan fingerprint density at radius 3 is 1.36 bits per heavy atom. The van der Waals surface area contributed by atoms with E-state index in [1.165, 1.54) is 27.6 Å². The zero-order valence-electron chi connectivity index (χ0n) is 32.1. The molecule has 0 aliphatic heterocycles. The zero-order valence-corrected chi connectivity index (χ0v) is 32.1. The first kappa shape index (κ1) is 34.3. The van der Waals surface area contributed by atoms with Crippen molar-refractivity contribution in [1.82, 2.24) is 19.5 Å². The van der Waals surface area contributed by atoms with Crippen molar-refractivity contribution >= 4 is 32.7 Å². The molecule has 3 heterocycles. The van der Waals surface area contributed by atoms with E-state index in [0.717, 1.165) is 72.3 Å². The summed E-state index contributed by atoms with van der Waals surface area (Å²) < 4.78 is 2.38. The van der Waals surface area contributed by atoms with E-state index in [0.29, 0.717) is 5.82 Å². The van der Waals surface area contributed by atoms with Gasteiger partial charge in [-0.05, 0) is 52.6 Å². The molecule has 4 nitrogen and oxygen atoms in total. The van der Waals surface area contributed by atoms with Crippen LogP contribution in [0.2, 0.25) is 0 Å². The molecule has 0 amide bonds. The van der Waals surface area contributed by atoms with Crippen LogP contribution in [0.15, 0.2) is 218 Å². The Kier molecular flexibility index (Phi) is 8.45. The molecule has 0 aliphatic carbocycles. The maximum atomic E-state index is 5.35. The van der Waals surface area contributed by atoms with Crippen LogP contribution in [0.3, 0.4) is 0 Å². The van der Waals surface area contributed by atoms with Gasteiger partial charge < -0.3 is 4.57 Å². The normalized spacial score (nSPS) is 11.4. The molecule has 276 valence electrons. The number of rotatable bonds is 7. The Morgan fingerprint density at radius 2 is 0.763 bits per heavy atom. The van der Waals surface area contributed by atoms with E-state index in [1.807, 2.05) is 12.1 Å². The van der Waals surface area contributed by atoms with Crippen molar-refractivity contribution in [2.45, 2.75) is 0 Å². The van der Waals surface area contributed by atoms with Crippen LogP contribution in [0.4, 0.5) is 0 Å². The van der Waals surface area contributed by atoms with Gasteiger partial charge in [-0.15, -0.1) is 0 Å². The van der Waals surface area contributed by atoms with Crippen molar-refractivity contribution in [3.05, 3.63) is 218 Å². The Bertz CT molecular complexity index is 3160. The third kappa shape index (κ3) is 6.24. The molecule has 8 aromatic carbocycles. The molecule has 0 atom stereocenters. The summed E-state index contributed by atoms with van der Waals surface area (Å²) in [5.74, 6) is 0.667. The molecule has 0 N–H and O–H groups in total. The number of aromatic nitrogens is 4. The fourth-order valence-corrected chi connectivity index (χ4v) is 8.31. The molecule has 0 saturated heterocycles. The maximum absolute atomic E-state index is 5.35. The summed E-state index contributed by atoms with van der Waals surface area (Å²) in [6.07, 6.45) is 0. The van der Waals surface area contributed by atoms with E-state index in [4.69, 9.17) is 15.0 Å². The summed E-state index contributed by atoms with van der Waals surface area (Å²) in [4.78, 5) is 15.8. The van der Waals surface area contributed by atoms with Crippen molar-refractivity contribution < 1.29 is 0 Å². The second kappa shape index (κ2) is 14.5. The minimum absolute atomic E-state index is 0.667. The van der Waals surface area contributed by atoms with Gasteiger partial charge in [0, 0.05) is 44.1 Å². The number of hydrogen-bond acceptors (Lipinski definition) is 3. The Morgan fingerprint density at radius 1 is 0.322 bits per heavy atom. The number of para-hydroxylation sites is 3. The average molecular weight is 753 g/mol. The first-order valence-electron chi connectivity index (χ1n) is 19.9. The average Bonchev–Trinajstić information content (AvgIpc) is 3.68. The number of benzene rings is 8.